The minimum atomic E-state index is 0. The highest BCUT2D eigenvalue weighted by molar-refractivity contribution is 6.99. The standard InChI is InChI=1S/C9H14N4OS.ClH/c1-10-7-2-4-13(5-3-7)9(14)8-6-11-15-12-8;/h6-7,10H,2-5H2,1H3;1H. The van der Waals surface area contributed by atoms with Gasteiger partial charge < -0.3 is 10.2 Å². The molecule has 1 aliphatic heterocycles. The van der Waals surface area contributed by atoms with E-state index in [-0.39, 0.29) is 18.3 Å². The normalized spacial score (nSPS) is 16.9. The van der Waals surface area contributed by atoms with Crippen LogP contribution < -0.4 is 5.32 Å². The Hall–Kier alpha value is -0.720. The van der Waals surface area contributed by atoms with Crippen LogP contribution in [0, 0.1) is 0 Å². The number of aromatic nitrogens is 2. The summed E-state index contributed by atoms with van der Waals surface area (Å²) in [5.74, 6) is 0.0123. The zero-order valence-corrected chi connectivity index (χ0v) is 10.7. The maximum atomic E-state index is 11.9. The number of halogens is 1. The van der Waals surface area contributed by atoms with E-state index in [2.05, 4.69) is 14.1 Å². The fraction of sp³-hybridized carbons (Fsp3) is 0.667. The van der Waals surface area contributed by atoms with Crippen LogP contribution in [0.15, 0.2) is 6.20 Å². The molecule has 0 radical (unpaired) electrons. The molecule has 1 fully saturated rings. The van der Waals surface area contributed by atoms with Crippen molar-refractivity contribution >= 4 is 30.0 Å². The highest BCUT2D eigenvalue weighted by atomic mass is 35.5. The lowest BCUT2D eigenvalue weighted by molar-refractivity contribution is 0.0702. The van der Waals surface area contributed by atoms with Gasteiger partial charge in [-0.1, -0.05) is 0 Å². The molecule has 5 nitrogen and oxygen atoms in total. The van der Waals surface area contributed by atoms with E-state index < -0.39 is 0 Å². The molecule has 0 bridgehead atoms. The maximum Gasteiger partial charge on any atom is 0.275 e. The van der Waals surface area contributed by atoms with Crippen LogP contribution in [0.3, 0.4) is 0 Å². The first-order chi connectivity index (χ1) is 7.31. The van der Waals surface area contributed by atoms with Gasteiger partial charge in [0.1, 0.15) is 0 Å². The number of hydrogen-bond donors (Lipinski definition) is 1. The molecule has 2 rings (SSSR count). The van der Waals surface area contributed by atoms with E-state index >= 15 is 0 Å². The first-order valence-electron chi connectivity index (χ1n) is 5.05. The molecule has 1 amide bonds. The summed E-state index contributed by atoms with van der Waals surface area (Å²) in [5.41, 5.74) is 0.475. The molecule has 1 aliphatic rings. The molecule has 90 valence electrons. The lowest BCUT2D eigenvalue weighted by atomic mass is 10.1. The molecule has 1 aromatic heterocycles. The van der Waals surface area contributed by atoms with Gasteiger partial charge in [-0.2, -0.15) is 8.75 Å². The molecule has 0 aromatic carbocycles. The molecular formula is C9H15ClN4OS. The summed E-state index contributed by atoms with van der Waals surface area (Å²) in [4.78, 5) is 13.7. The Labute approximate surface area is 105 Å². The lowest BCUT2D eigenvalue weighted by Crippen LogP contribution is -2.44. The lowest BCUT2D eigenvalue weighted by Gasteiger charge is -2.31. The number of likely N-dealkylation sites (tertiary alicyclic amines) is 1. The highest BCUT2D eigenvalue weighted by Crippen LogP contribution is 2.12. The van der Waals surface area contributed by atoms with Crippen LogP contribution in [-0.2, 0) is 0 Å². The monoisotopic (exact) mass is 262 g/mol. The molecule has 1 N–H and O–H groups in total. The van der Waals surface area contributed by atoms with Crippen molar-refractivity contribution in [1.82, 2.24) is 19.0 Å². The summed E-state index contributed by atoms with van der Waals surface area (Å²) >= 11 is 1.08. The third kappa shape index (κ3) is 2.90. The van der Waals surface area contributed by atoms with Gasteiger partial charge in [0.25, 0.3) is 5.91 Å². The van der Waals surface area contributed by atoms with Crippen LogP contribution in [0.1, 0.15) is 23.3 Å². The van der Waals surface area contributed by atoms with Gasteiger partial charge in [0, 0.05) is 19.1 Å². The van der Waals surface area contributed by atoms with Gasteiger partial charge in [-0.15, -0.1) is 12.4 Å². The Morgan fingerprint density at radius 3 is 2.75 bits per heavy atom. The Kier molecular flexibility index (Phi) is 5.11. The average molecular weight is 263 g/mol. The summed E-state index contributed by atoms with van der Waals surface area (Å²) in [6.07, 6.45) is 3.57. The zero-order valence-electron chi connectivity index (χ0n) is 9.05. The van der Waals surface area contributed by atoms with Gasteiger partial charge in [0.2, 0.25) is 0 Å². The average Bonchev–Trinajstić information content (AvgIpc) is 2.82. The van der Waals surface area contributed by atoms with Gasteiger partial charge >= 0.3 is 0 Å². The number of nitrogens with one attached hydrogen (secondary N) is 1. The number of amides is 1. The van der Waals surface area contributed by atoms with Crippen molar-refractivity contribution in [1.29, 1.82) is 0 Å². The number of rotatable bonds is 2. The van der Waals surface area contributed by atoms with Crippen molar-refractivity contribution in [2.75, 3.05) is 20.1 Å². The highest BCUT2D eigenvalue weighted by Gasteiger charge is 2.23. The molecule has 0 spiro atoms. The molecule has 0 aliphatic carbocycles. The topological polar surface area (TPSA) is 58.1 Å². The van der Waals surface area contributed by atoms with Gasteiger partial charge in [0.15, 0.2) is 5.69 Å². The summed E-state index contributed by atoms with van der Waals surface area (Å²) in [6.45, 7) is 1.61. The Morgan fingerprint density at radius 2 is 2.25 bits per heavy atom. The predicted molar refractivity (Wildman–Crippen MR) is 65.1 cm³/mol. The number of carbonyl (C=O) groups is 1. The molecule has 16 heavy (non-hydrogen) atoms. The minimum absolute atomic E-state index is 0. The minimum Gasteiger partial charge on any atom is -0.337 e. The molecule has 7 heteroatoms. The molecule has 1 saturated heterocycles. The van der Waals surface area contributed by atoms with E-state index in [0.717, 1.165) is 37.7 Å². The first-order valence-corrected chi connectivity index (χ1v) is 5.78. The Balaban J connectivity index is 0.00000128. The number of piperidine rings is 1. The molecule has 0 saturated carbocycles. The second-order valence-electron chi connectivity index (χ2n) is 3.65. The summed E-state index contributed by atoms with van der Waals surface area (Å²) in [7, 11) is 1.96. The van der Waals surface area contributed by atoms with Gasteiger partial charge in [-0.3, -0.25) is 4.79 Å². The van der Waals surface area contributed by atoms with Crippen LogP contribution in [0.25, 0.3) is 0 Å². The summed E-state index contributed by atoms with van der Waals surface area (Å²) in [6, 6.07) is 0.544. The van der Waals surface area contributed by atoms with Crippen molar-refractivity contribution in [3.8, 4) is 0 Å². The Morgan fingerprint density at radius 1 is 1.56 bits per heavy atom. The van der Waals surface area contributed by atoms with E-state index in [0.29, 0.717) is 11.7 Å². The molecule has 1 aromatic rings. The zero-order chi connectivity index (χ0) is 10.7. The van der Waals surface area contributed by atoms with Crippen molar-refractivity contribution in [3.63, 3.8) is 0 Å². The van der Waals surface area contributed by atoms with E-state index in [1.54, 1.807) is 0 Å². The van der Waals surface area contributed by atoms with Crippen molar-refractivity contribution < 1.29 is 4.79 Å². The summed E-state index contributed by atoms with van der Waals surface area (Å²) in [5, 5.41) is 3.23. The smallest absolute Gasteiger partial charge is 0.275 e. The predicted octanol–water partition coefficient (Wildman–Crippen LogP) is 0.784. The third-order valence-electron chi connectivity index (χ3n) is 2.77. The molecular weight excluding hydrogens is 248 g/mol. The van der Waals surface area contributed by atoms with Crippen molar-refractivity contribution in [3.05, 3.63) is 11.9 Å². The van der Waals surface area contributed by atoms with Gasteiger partial charge in [-0.05, 0) is 19.9 Å². The molecule has 0 atom stereocenters. The third-order valence-corrected chi connectivity index (χ3v) is 3.25. The van der Waals surface area contributed by atoms with E-state index in [1.807, 2.05) is 11.9 Å². The first kappa shape index (κ1) is 13.3. The second-order valence-corrected chi connectivity index (χ2v) is 4.20. The fourth-order valence-electron chi connectivity index (χ4n) is 1.79. The molecule has 0 unspecified atom stereocenters. The number of carbonyl (C=O) groups excluding carboxylic acids is 1. The van der Waals surface area contributed by atoms with E-state index in [1.165, 1.54) is 6.20 Å². The number of nitrogens with zero attached hydrogens (tertiary/aromatic N) is 3. The van der Waals surface area contributed by atoms with Gasteiger partial charge in [0.05, 0.1) is 17.9 Å². The quantitative estimate of drug-likeness (QED) is 0.856. The van der Waals surface area contributed by atoms with Crippen LogP contribution >= 0.6 is 24.1 Å². The van der Waals surface area contributed by atoms with Crippen molar-refractivity contribution in [2.24, 2.45) is 0 Å². The Bertz CT molecular complexity index is 324. The van der Waals surface area contributed by atoms with Crippen LogP contribution in [0.4, 0.5) is 0 Å². The largest absolute Gasteiger partial charge is 0.337 e. The maximum absolute atomic E-state index is 11.9. The fourth-order valence-corrected chi connectivity index (χ4v) is 2.20. The number of hydrogen-bond acceptors (Lipinski definition) is 5. The van der Waals surface area contributed by atoms with Crippen molar-refractivity contribution in [2.45, 2.75) is 18.9 Å². The van der Waals surface area contributed by atoms with E-state index in [4.69, 9.17) is 0 Å². The van der Waals surface area contributed by atoms with Crippen LogP contribution in [0.2, 0.25) is 0 Å². The SMILES string of the molecule is CNC1CCN(C(=O)c2cnsn2)CC1.Cl. The van der Waals surface area contributed by atoms with E-state index in [9.17, 15) is 4.79 Å². The second kappa shape index (κ2) is 6.12. The summed E-state index contributed by atoms with van der Waals surface area (Å²) < 4.78 is 7.79. The van der Waals surface area contributed by atoms with Crippen LogP contribution in [-0.4, -0.2) is 45.7 Å². The van der Waals surface area contributed by atoms with Gasteiger partial charge in [-0.25, -0.2) is 0 Å². The van der Waals surface area contributed by atoms with Crippen LogP contribution in [0.5, 0.6) is 0 Å². The molecule has 2 heterocycles.